The predicted molar refractivity (Wildman–Crippen MR) is 65.8 cm³/mol. The minimum atomic E-state index is -0.160. The van der Waals surface area contributed by atoms with E-state index in [1.807, 2.05) is 18.5 Å². The van der Waals surface area contributed by atoms with Crippen LogP contribution in [0.2, 0.25) is 0 Å². The van der Waals surface area contributed by atoms with E-state index in [4.69, 9.17) is 4.74 Å². The Kier molecular flexibility index (Phi) is 4.30. The van der Waals surface area contributed by atoms with E-state index >= 15 is 0 Å². The van der Waals surface area contributed by atoms with Gasteiger partial charge in [0.1, 0.15) is 12.2 Å². The second-order valence-electron chi connectivity index (χ2n) is 4.43. The Hall–Kier alpha value is -1.43. The second-order valence-corrected chi connectivity index (χ2v) is 4.43. The summed E-state index contributed by atoms with van der Waals surface area (Å²) >= 11 is 0. The van der Waals surface area contributed by atoms with Crippen molar-refractivity contribution in [1.29, 1.82) is 0 Å². The molecule has 0 radical (unpaired) electrons. The first-order valence-corrected chi connectivity index (χ1v) is 6.51. The van der Waals surface area contributed by atoms with Crippen LogP contribution in [-0.2, 0) is 22.6 Å². The van der Waals surface area contributed by atoms with E-state index in [0.717, 1.165) is 25.2 Å². The van der Waals surface area contributed by atoms with Crippen LogP contribution in [0.4, 0.5) is 0 Å². The lowest BCUT2D eigenvalue weighted by Crippen LogP contribution is -2.33. The molecule has 18 heavy (non-hydrogen) atoms. The fraction of sp³-hybridized carbons (Fsp3) is 0.750. The quantitative estimate of drug-likeness (QED) is 0.673. The Balaban J connectivity index is 1.96. The van der Waals surface area contributed by atoms with Crippen LogP contribution in [0.25, 0.3) is 0 Å². The number of nitrogens with zero attached hydrogens (tertiary/aromatic N) is 4. The summed E-state index contributed by atoms with van der Waals surface area (Å²) in [5.41, 5.74) is 0. The Morgan fingerprint density at radius 2 is 2.33 bits per heavy atom. The van der Waals surface area contributed by atoms with Gasteiger partial charge in [0.05, 0.1) is 19.7 Å². The number of ether oxygens (including phenoxy) is 1. The van der Waals surface area contributed by atoms with E-state index in [-0.39, 0.29) is 5.97 Å². The van der Waals surface area contributed by atoms with Crippen LogP contribution in [0.3, 0.4) is 0 Å². The first kappa shape index (κ1) is 13.0. The molecule has 0 N–H and O–H groups in total. The number of rotatable bonds is 7. The molecule has 1 fully saturated rings. The molecular weight excluding hydrogens is 232 g/mol. The van der Waals surface area contributed by atoms with Gasteiger partial charge in [-0.25, -0.2) is 9.67 Å². The van der Waals surface area contributed by atoms with Crippen molar-refractivity contribution in [3.05, 3.63) is 12.2 Å². The zero-order valence-electron chi connectivity index (χ0n) is 11.0. The second kappa shape index (κ2) is 5.95. The lowest BCUT2D eigenvalue weighted by molar-refractivity contribution is -0.144. The van der Waals surface area contributed by atoms with E-state index in [1.54, 1.807) is 6.33 Å². The summed E-state index contributed by atoms with van der Waals surface area (Å²) in [5.74, 6) is 0.751. The maximum absolute atomic E-state index is 11.6. The first-order chi connectivity index (χ1) is 8.74. The summed E-state index contributed by atoms with van der Waals surface area (Å²) in [6.07, 6.45) is 3.87. The number of aromatic nitrogens is 3. The fourth-order valence-electron chi connectivity index (χ4n) is 1.98. The normalized spacial score (nSPS) is 15.1. The Morgan fingerprint density at radius 1 is 1.56 bits per heavy atom. The lowest BCUT2D eigenvalue weighted by atomic mass is 10.4. The monoisotopic (exact) mass is 252 g/mol. The molecule has 100 valence electrons. The van der Waals surface area contributed by atoms with Crippen LogP contribution in [-0.4, -0.2) is 44.8 Å². The van der Waals surface area contributed by atoms with Crippen LogP contribution in [0.15, 0.2) is 6.33 Å². The van der Waals surface area contributed by atoms with Crippen molar-refractivity contribution in [3.8, 4) is 0 Å². The Bertz CT molecular complexity index is 401. The zero-order valence-corrected chi connectivity index (χ0v) is 11.0. The molecule has 0 aliphatic heterocycles. The van der Waals surface area contributed by atoms with E-state index in [0.29, 0.717) is 25.7 Å². The maximum atomic E-state index is 11.6. The first-order valence-electron chi connectivity index (χ1n) is 6.51. The van der Waals surface area contributed by atoms with Crippen LogP contribution in [0, 0.1) is 0 Å². The molecule has 1 saturated carbocycles. The van der Waals surface area contributed by atoms with Gasteiger partial charge in [0, 0.05) is 12.6 Å². The van der Waals surface area contributed by atoms with Gasteiger partial charge in [-0.1, -0.05) is 0 Å². The van der Waals surface area contributed by atoms with Crippen LogP contribution < -0.4 is 0 Å². The molecule has 6 nitrogen and oxygen atoms in total. The standard InChI is InChI=1S/C12H20N4O2/c1-3-16-11(13-9-14-16)7-15(10-5-6-10)8-12(17)18-4-2/h9-10H,3-8H2,1-2H3. The third kappa shape index (κ3) is 3.29. The molecule has 1 aromatic heterocycles. The van der Waals surface area contributed by atoms with Gasteiger partial charge < -0.3 is 4.74 Å². The molecule has 1 aliphatic carbocycles. The number of carbonyl (C=O) groups excluding carboxylic acids is 1. The summed E-state index contributed by atoms with van der Waals surface area (Å²) in [5, 5.41) is 4.15. The summed E-state index contributed by atoms with van der Waals surface area (Å²) in [7, 11) is 0. The van der Waals surface area contributed by atoms with Crippen molar-refractivity contribution in [2.75, 3.05) is 13.2 Å². The van der Waals surface area contributed by atoms with E-state index < -0.39 is 0 Å². The molecule has 0 saturated heterocycles. The van der Waals surface area contributed by atoms with Gasteiger partial charge in [-0.2, -0.15) is 5.10 Å². The smallest absolute Gasteiger partial charge is 0.320 e. The van der Waals surface area contributed by atoms with Crippen molar-refractivity contribution in [2.24, 2.45) is 0 Å². The topological polar surface area (TPSA) is 60.2 Å². The Morgan fingerprint density at radius 3 is 2.94 bits per heavy atom. The van der Waals surface area contributed by atoms with Gasteiger partial charge in [-0.3, -0.25) is 9.69 Å². The van der Waals surface area contributed by atoms with E-state index in [2.05, 4.69) is 15.0 Å². The van der Waals surface area contributed by atoms with Crippen molar-refractivity contribution >= 4 is 5.97 Å². The molecule has 2 rings (SSSR count). The molecule has 0 unspecified atom stereocenters. The third-order valence-corrected chi connectivity index (χ3v) is 3.04. The van der Waals surface area contributed by atoms with Gasteiger partial charge >= 0.3 is 5.97 Å². The van der Waals surface area contributed by atoms with Crippen molar-refractivity contribution in [2.45, 2.75) is 45.8 Å². The average Bonchev–Trinajstić information content (AvgIpc) is 3.10. The predicted octanol–water partition coefficient (Wildman–Crippen LogP) is 0.825. The highest BCUT2D eigenvalue weighted by atomic mass is 16.5. The highest BCUT2D eigenvalue weighted by molar-refractivity contribution is 5.71. The number of carbonyl (C=O) groups is 1. The minimum absolute atomic E-state index is 0.160. The van der Waals surface area contributed by atoms with Crippen LogP contribution >= 0.6 is 0 Å². The molecule has 0 spiro atoms. The number of hydrogen-bond acceptors (Lipinski definition) is 5. The van der Waals surface area contributed by atoms with Crippen LogP contribution in [0.5, 0.6) is 0 Å². The SMILES string of the molecule is CCOC(=O)CN(Cc1ncnn1CC)C1CC1. The molecule has 0 aromatic carbocycles. The van der Waals surface area contributed by atoms with Crippen molar-refractivity contribution < 1.29 is 9.53 Å². The van der Waals surface area contributed by atoms with E-state index in [9.17, 15) is 4.79 Å². The lowest BCUT2D eigenvalue weighted by Gasteiger charge is -2.20. The third-order valence-electron chi connectivity index (χ3n) is 3.04. The molecule has 0 bridgehead atoms. The van der Waals surface area contributed by atoms with Crippen molar-refractivity contribution in [3.63, 3.8) is 0 Å². The molecular formula is C12H20N4O2. The average molecular weight is 252 g/mol. The number of hydrogen-bond donors (Lipinski definition) is 0. The highest BCUT2D eigenvalue weighted by Gasteiger charge is 2.31. The van der Waals surface area contributed by atoms with Crippen molar-refractivity contribution in [1.82, 2.24) is 19.7 Å². The molecule has 6 heteroatoms. The largest absolute Gasteiger partial charge is 0.465 e. The molecule has 1 aromatic rings. The molecule has 1 heterocycles. The summed E-state index contributed by atoms with van der Waals surface area (Å²) < 4.78 is 6.86. The van der Waals surface area contributed by atoms with Crippen LogP contribution in [0.1, 0.15) is 32.5 Å². The zero-order chi connectivity index (χ0) is 13.0. The van der Waals surface area contributed by atoms with Gasteiger partial charge in [-0.05, 0) is 26.7 Å². The molecule has 1 aliphatic rings. The molecule has 0 amide bonds. The summed E-state index contributed by atoms with van der Waals surface area (Å²) in [4.78, 5) is 17.9. The maximum Gasteiger partial charge on any atom is 0.320 e. The highest BCUT2D eigenvalue weighted by Crippen LogP contribution is 2.27. The minimum Gasteiger partial charge on any atom is -0.465 e. The number of esters is 1. The van der Waals surface area contributed by atoms with Gasteiger partial charge in [0.15, 0.2) is 0 Å². The fourth-order valence-corrected chi connectivity index (χ4v) is 1.98. The molecule has 0 atom stereocenters. The van der Waals surface area contributed by atoms with Gasteiger partial charge in [0.2, 0.25) is 0 Å². The Labute approximate surface area is 107 Å². The summed E-state index contributed by atoms with van der Waals surface area (Å²) in [6.45, 7) is 6.10. The number of aryl methyl sites for hydroxylation is 1. The van der Waals surface area contributed by atoms with Gasteiger partial charge in [-0.15, -0.1) is 0 Å². The van der Waals surface area contributed by atoms with E-state index in [1.165, 1.54) is 0 Å². The van der Waals surface area contributed by atoms with Gasteiger partial charge in [0.25, 0.3) is 0 Å². The summed E-state index contributed by atoms with van der Waals surface area (Å²) in [6, 6.07) is 0.497.